The molecule has 27 heavy (non-hydrogen) atoms. The van der Waals surface area contributed by atoms with Crippen LogP contribution >= 0.6 is 0 Å². The van der Waals surface area contributed by atoms with Crippen LogP contribution in [0.25, 0.3) is 0 Å². The number of nitrogens with one attached hydrogen (secondary N) is 1. The van der Waals surface area contributed by atoms with Gasteiger partial charge >= 0.3 is 0 Å². The number of nitrogens with zero attached hydrogens (tertiary/aromatic N) is 2. The van der Waals surface area contributed by atoms with E-state index >= 15 is 0 Å². The van der Waals surface area contributed by atoms with Crippen LogP contribution in [0.3, 0.4) is 0 Å². The van der Waals surface area contributed by atoms with Gasteiger partial charge in [-0.25, -0.2) is 12.7 Å². The SMILES string of the molecule is CC(C)N1C(=O)c2ccc(C(=O)N(C)C3CC4CCC(C3)N4)cc2S1(=O)=O. The van der Waals surface area contributed by atoms with Crippen molar-refractivity contribution >= 4 is 21.8 Å². The molecule has 1 N–H and O–H groups in total. The first-order valence-corrected chi connectivity index (χ1v) is 10.9. The van der Waals surface area contributed by atoms with E-state index in [9.17, 15) is 18.0 Å². The fourth-order valence-corrected chi connectivity index (χ4v) is 6.40. The molecule has 7 nitrogen and oxygen atoms in total. The molecule has 2 bridgehead atoms. The van der Waals surface area contributed by atoms with Crippen LogP contribution in [0.5, 0.6) is 0 Å². The number of amides is 2. The highest BCUT2D eigenvalue weighted by molar-refractivity contribution is 7.90. The first-order valence-electron chi connectivity index (χ1n) is 9.46. The normalized spacial score (nSPS) is 28.5. The minimum atomic E-state index is -3.91. The molecule has 1 aromatic rings. The zero-order chi connectivity index (χ0) is 19.5. The number of fused-ring (bicyclic) bond motifs is 3. The molecule has 2 amide bonds. The Morgan fingerprint density at radius 1 is 1.22 bits per heavy atom. The molecule has 2 unspecified atom stereocenters. The molecule has 146 valence electrons. The summed E-state index contributed by atoms with van der Waals surface area (Å²) in [5, 5.41) is 3.56. The van der Waals surface area contributed by atoms with Crippen molar-refractivity contribution in [3.8, 4) is 0 Å². The molecule has 3 aliphatic heterocycles. The van der Waals surface area contributed by atoms with Crippen molar-refractivity contribution in [2.75, 3.05) is 7.05 Å². The second-order valence-electron chi connectivity index (χ2n) is 8.09. The number of hydrogen-bond acceptors (Lipinski definition) is 5. The predicted octanol–water partition coefficient (Wildman–Crippen LogP) is 1.59. The highest BCUT2D eigenvalue weighted by atomic mass is 32.2. The Bertz CT molecular complexity index is 900. The average Bonchev–Trinajstić information content (AvgIpc) is 3.06. The van der Waals surface area contributed by atoms with E-state index in [4.69, 9.17) is 0 Å². The van der Waals surface area contributed by atoms with E-state index in [-0.39, 0.29) is 22.4 Å². The largest absolute Gasteiger partial charge is 0.339 e. The third-order valence-electron chi connectivity index (χ3n) is 5.98. The fraction of sp³-hybridized carbons (Fsp3) is 0.579. The molecule has 0 spiro atoms. The maximum atomic E-state index is 13.0. The Hall–Kier alpha value is -1.93. The van der Waals surface area contributed by atoms with E-state index < -0.39 is 22.0 Å². The Kier molecular flexibility index (Phi) is 4.31. The number of rotatable bonds is 3. The molecule has 2 saturated heterocycles. The summed E-state index contributed by atoms with van der Waals surface area (Å²) in [7, 11) is -2.12. The molecule has 0 radical (unpaired) electrons. The quantitative estimate of drug-likeness (QED) is 0.846. The smallest absolute Gasteiger partial charge is 0.269 e. The van der Waals surface area contributed by atoms with E-state index in [1.807, 2.05) is 0 Å². The van der Waals surface area contributed by atoms with Gasteiger partial charge in [-0.1, -0.05) is 0 Å². The first-order chi connectivity index (χ1) is 12.7. The van der Waals surface area contributed by atoms with Gasteiger partial charge in [-0.3, -0.25) is 9.59 Å². The predicted molar refractivity (Wildman–Crippen MR) is 100.0 cm³/mol. The molecule has 3 aliphatic rings. The number of piperidine rings is 1. The first kappa shape index (κ1) is 18.4. The lowest BCUT2D eigenvalue weighted by atomic mass is 9.98. The maximum absolute atomic E-state index is 13.0. The van der Waals surface area contributed by atoms with Crippen molar-refractivity contribution in [3.63, 3.8) is 0 Å². The lowest BCUT2D eigenvalue weighted by Gasteiger charge is -2.35. The lowest BCUT2D eigenvalue weighted by molar-refractivity contribution is 0.0680. The molecule has 0 aliphatic carbocycles. The number of hydrogen-bond donors (Lipinski definition) is 1. The van der Waals surface area contributed by atoms with Crippen LogP contribution < -0.4 is 5.32 Å². The van der Waals surface area contributed by atoms with Gasteiger partial charge in [-0.2, -0.15) is 0 Å². The summed E-state index contributed by atoms with van der Waals surface area (Å²) in [5.41, 5.74) is 0.451. The summed E-state index contributed by atoms with van der Waals surface area (Å²) in [4.78, 5) is 27.1. The van der Waals surface area contributed by atoms with Gasteiger partial charge in [0.2, 0.25) is 0 Å². The minimum Gasteiger partial charge on any atom is -0.339 e. The van der Waals surface area contributed by atoms with Gasteiger partial charge in [0.15, 0.2) is 0 Å². The third-order valence-corrected chi connectivity index (χ3v) is 7.98. The van der Waals surface area contributed by atoms with E-state index in [0.717, 1.165) is 30.0 Å². The van der Waals surface area contributed by atoms with Crippen LogP contribution in [-0.4, -0.2) is 60.7 Å². The summed E-state index contributed by atoms with van der Waals surface area (Å²) in [6.45, 7) is 3.32. The monoisotopic (exact) mass is 391 g/mol. The third kappa shape index (κ3) is 2.86. The molecule has 8 heteroatoms. The van der Waals surface area contributed by atoms with E-state index in [0.29, 0.717) is 17.6 Å². The number of carbonyl (C=O) groups excluding carboxylic acids is 2. The van der Waals surface area contributed by atoms with E-state index in [2.05, 4.69) is 5.32 Å². The van der Waals surface area contributed by atoms with Crippen LogP contribution in [0.15, 0.2) is 23.1 Å². The number of carbonyl (C=O) groups is 2. The van der Waals surface area contributed by atoms with Gasteiger partial charge in [0.25, 0.3) is 21.8 Å². The van der Waals surface area contributed by atoms with Crippen LogP contribution in [0.4, 0.5) is 0 Å². The van der Waals surface area contributed by atoms with Crippen molar-refractivity contribution in [1.82, 2.24) is 14.5 Å². The van der Waals surface area contributed by atoms with Crippen molar-refractivity contribution in [2.45, 2.75) is 68.6 Å². The van der Waals surface area contributed by atoms with Crippen molar-refractivity contribution < 1.29 is 18.0 Å². The van der Waals surface area contributed by atoms with Gasteiger partial charge in [-0.05, 0) is 57.7 Å². The molecule has 1 aromatic carbocycles. The lowest BCUT2D eigenvalue weighted by Crippen LogP contribution is -2.48. The molecule has 3 heterocycles. The molecule has 4 rings (SSSR count). The topological polar surface area (TPSA) is 86.8 Å². The summed E-state index contributed by atoms with van der Waals surface area (Å²) in [6, 6.07) is 4.98. The standard InChI is InChI=1S/C19H25N3O4S/c1-11(2)22-19(24)16-7-4-12(8-17(16)27(22,25)26)18(23)21(3)15-9-13-5-6-14(10-15)20-13/h4,7-8,11,13-15,20H,5-6,9-10H2,1-3H3. The van der Waals surface area contributed by atoms with Crippen molar-refractivity contribution in [3.05, 3.63) is 29.3 Å². The van der Waals surface area contributed by atoms with Crippen LogP contribution in [-0.2, 0) is 10.0 Å². The zero-order valence-electron chi connectivity index (χ0n) is 15.8. The van der Waals surface area contributed by atoms with Gasteiger partial charge in [-0.15, -0.1) is 0 Å². The van der Waals surface area contributed by atoms with Gasteiger partial charge in [0.1, 0.15) is 4.90 Å². The van der Waals surface area contributed by atoms with Crippen molar-refractivity contribution in [1.29, 1.82) is 0 Å². The summed E-state index contributed by atoms with van der Waals surface area (Å²) in [5.74, 6) is -0.725. The molecular weight excluding hydrogens is 366 g/mol. The zero-order valence-corrected chi connectivity index (χ0v) is 16.6. The molecular formula is C19H25N3O4S. The molecule has 2 fully saturated rings. The van der Waals surface area contributed by atoms with Gasteiger partial charge < -0.3 is 10.2 Å². The number of sulfonamides is 1. The second-order valence-corrected chi connectivity index (χ2v) is 9.87. The van der Waals surface area contributed by atoms with Gasteiger partial charge in [0, 0.05) is 36.8 Å². The van der Waals surface area contributed by atoms with Crippen molar-refractivity contribution in [2.24, 2.45) is 0 Å². The average molecular weight is 391 g/mol. The van der Waals surface area contributed by atoms with Crippen LogP contribution in [0.1, 0.15) is 60.2 Å². The van der Waals surface area contributed by atoms with E-state index in [1.54, 1.807) is 31.9 Å². The highest BCUT2D eigenvalue weighted by Gasteiger charge is 2.43. The van der Waals surface area contributed by atoms with Crippen LogP contribution in [0.2, 0.25) is 0 Å². The Morgan fingerprint density at radius 3 is 2.44 bits per heavy atom. The molecule has 0 aromatic heterocycles. The Labute approximate surface area is 159 Å². The van der Waals surface area contributed by atoms with Gasteiger partial charge in [0.05, 0.1) is 5.56 Å². The fourth-order valence-electron chi connectivity index (χ4n) is 4.60. The Balaban J connectivity index is 1.62. The minimum absolute atomic E-state index is 0.0640. The highest BCUT2D eigenvalue weighted by Crippen LogP contribution is 2.34. The molecule has 0 saturated carbocycles. The molecule has 2 atom stereocenters. The summed E-state index contributed by atoms with van der Waals surface area (Å²) in [6.07, 6.45) is 4.13. The van der Waals surface area contributed by atoms with Crippen LogP contribution in [0, 0.1) is 0 Å². The Morgan fingerprint density at radius 2 is 1.85 bits per heavy atom. The summed E-state index contributed by atoms with van der Waals surface area (Å²) < 4.78 is 26.4. The summed E-state index contributed by atoms with van der Waals surface area (Å²) >= 11 is 0. The maximum Gasteiger partial charge on any atom is 0.269 e. The number of benzene rings is 1. The second kappa shape index (κ2) is 6.31. The van der Waals surface area contributed by atoms with E-state index in [1.165, 1.54) is 12.1 Å².